The first-order chi connectivity index (χ1) is 2.27. The summed E-state index contributed by atoms with van der Waals surface area (Å²) in [6, 6.07) is 0. The van der Waals surface area contributed by atoms with Crippen molar-refractivity contribution >= 4 is 5.96 Å². The second-order valence-corrected chi connectivity index (χ2v) is 0.648. The first-order valence-corrected chi connectivity index (χ1v) is 1.25. The predicted octanol–water partition coefficient (Wildman–Crippen LogP) is -0.660. The smallest absolute Gasteiger partial charge is 0.185 e. The van der Waals surface area contributed by atoms with Crippen molar-refractivity contribution in [2.45, 2.75) is 0 Å². The molecular formula is C3H10N3-. The molecule has 0 aromatic carbocycles. The summed E-state index contributed by atoms with van der Waals surface area (Å²) in [5.74, 6) is 0.130. The van der Waals surface area contributed by atoms with Crippen LogP contribution in [0.4, 0.5) is 0 Å². The lowest BCUT2D eigenvalue weighted by molar-refractivity contribution is 1.36. The van der Waals surface area contributed by atoms with Crippen molar-refractivity contribution in [1.29, 1.82) is 0 Å². The van der Waals surface area contributed by atoms with E-state index >= 15 is 0 Å². The van der Waals surface area contributed by atoms with Gasteiger partial charge in [0.2, 0.25) is 0 Å². The Morgan fingerprint density at radius 2 is 1.67 bits per heavy atom. The SMILES string of the molecule is CN=C(N)N.[CH3-]. The summed E-state index contributed by atoms with van der Waals surface area (Å²) in [5.41, 5.74) is 9.64. The minimum Gasteiger partial charge on any atom is -0.370 e. The highest BCUT2D eigenvalue weighted by molar-refractivity contribution is 5.75. The molecule has 0 rings (SSSR count). The van der Waals surface area contributed by atoms with Crippen LogP contribution in [0.3, 0.4) is 0 Å². The molecule has 0 fully saturated rings. The molecule has 0 saturated heterocycles. The molecule has 6 heavy (non-hydrogen) atoms. The molecule has 0 aromatic heterocycles. The molecule has 0 aliphatic rings. The first kappa shape index (κ1) is 8.99. The van der Waals surface area contributed by atoms with Crippen LogP contribution >= 0.6 is 0 Å². The quantitative estimate of drug-likeness (QED) is 0.234. The molecule has 0 atom stereocenters. The molecule has 0 radical (unpaired) electrons. The molecule has 0 saturated carbocycles. The van der Waals surface area contributed by atoms with E-state index in [9.17, 15) is 0 Å². The Kier molecular flexibility index (Phi) is 6.40. The average Bonchev–Trinajstić information content (AvgIpc) is 1.38. The molecule has 0 unspecified atom stereocenters. The maximum absolute atomic E-state index is 4.82. The number of guanidine groups is 1. The van der Waals surface area contributed by atoms with Crippen molar-refractivity contribution in [1.82, 2.24) is 0 Å². The summed E-state index contributed by atoms with van der Waals surface area (Å²) in [7, 11) is 1.54. The Bertz CT molecular complexity index is 44.0. The van der Waals surface area contributed by atoms with Crippen LogP contribution in [0.5, 0.6) is 0 Å². The van der Waals surface area contributed by atoms with Crippen LogP contribution in [0.2, 0.25) is 0 Å². The zero-order valence-corrected chi connectivity index (χ0v) is 4.10. The van der Waals surface area contributed by atoms with E-state index in [1.54, 1.807) is 0 Å². The van der Waals surface area contributed by atoms with Crippen molar-refractivity contribution in [3.05, 3.63) is 7.43 Å². The van der Waals surface area contributed by atoms with Gasteiger partial charge in [0.25, 0.3) is 0 Å². The fourth-order valence-electron chi connectivity index (χ4n) is 0. The van der Waals surface area contributed by atoms with Crippen LogP contribution in [0.15, 0.2) is 4.99 Å². The lowest BCUT2D eigenvalue weighted by Crippen LogP contribution is -2.21. The standard InChI is InChI=1S/C2H7N3.CH3/c1-5-2(3)4;/h1H3,(H4,3,4,5);1H3/q;-1. The average molecular weight is 88.1 g/mol. The normalized spacial score (nSPS) is 5.50. The minimum atomic E-state index is 0. The zero-order valence-electron chi connectivity index (χ0n) is 4.10. The molecule has 0 aliphatic heterocycles. The van der Waals surface area contributed by atoms with Gasteiger partial charge in [0.05, 0.1) is 0 Å². The Balaban J connectivity index is 0. The minimum absolute atomic E-state index is 0. The highest BCUT2D eigenvalue weighted by atomic mass is 15.0. The number of aliphatic imine (C=N–C) groups is 1. The van der Waals surface area contributed by atoms with E-state index in [0.717, 1.165) is 0 Å². The highest BCUT2D eigenvalue weighted by Gasteiger charge is 1.61. The van der Waals surface area contributed by atoms with E-state index in [1.165, 1.54) is 7.05 Å². The van der Waals surface area contributed by atoms with Gasteiger partial charge in [0, 0.05) is 7.05 Å². The molecule has 0 aromatic rings. The summed E-state index contributed by atoms with van der Waals surface area (Å²) >= 11 is 0. The van der Waals surface area contributed by atoms with Crippen molar-refractivity contribution in [2.24, 2.45) is 16.5 Å². The van der Waals surface area contributed by atoms with E-state index in [4.69, 9.17) is 11.5 Å². The van der Waals surface area contributed by atoms with Crippen LogP contribution in [0.25, 0.3) is 0 Å². The number of nitrogens with zero attached hydrogens (tertiary/aromatic N) is 1. The van der Waals surface area contributed by atoms with E-state index in [2.05, 4.69) is 4.99 Å². The summed E-state index contributed by atoms with van der Waals surface area (Å²) in [6.45, 7) is 0. The van der Waals surface area contributed by atoms with Gasteiger partial charge in [0.15, 0.2) is 5.96 Å². The van der Waals surface area contributed by atoms with Gasteiger partial charge in [-0.3, -0.25) is 4.99 Å². The molecule has 0 amide bonds. The van der Waals surface area contributed by atoms with Crippen LogP contribution in [0.1, 0.15) is 0 Å². The molecule has 0 aliphatic carbocycles. The summed E-state index contributed by atoms with van der Waals surface area (Å²) in [6.07, 6.45) is 0. The fourth-order valence-corrected chi connectivity index (χ4v) is 0. The van der Waals surface area contributed by atoms with Gasteiger partial charge >= 0.3 is 0 Å². The van der Waals surface area contributed by atoms with Gasteiger partial charge in [-0.15, -0.1) is 0 Å². The molecule has 4 N–H and O–H groups in total. The summed E-state index contributed by atoms with van der Waals surface area (Å²) in [5, 5.41) is 0. The van der Waals surface area contributed by atoms with Crippen molar-refractivity contribution in [3.63, 3.8) is 0 Å². The Hall–Kier alpha value is -0.730. The number of nitrogens with two attached hydrogens (primary N) is 2. The second-order valence-electron chi connectivity index (χ2n) is 0.648. The van der Waals surface area contributed by atoms with Crippen molar-refractivity contribution in [2.75, 3.05) is 7.05 Å². The van der Waals surface area contributed by atoms with Crippen LogP contribution in [0, 0.1) is 7.43 Å². The molecule has 0 spiro atoms. The monoisotopic (exact) mass is 88.1 g/mol. The Morgan fingerprint density at radius 1 is 1.50 bits per heavy atom. The van der Waals surface area contributed by atoms with Gasteiger partial charge in [-0.1, -0.05) is 0 Å². The second kappa shape index (κ2) is 4.27. The van der Waals surface area contributed by atoms with E-state index in [1.807, 2.05) is 0 Å². The van der Waals surface area contributed by atoms with E-state index in [0.29, 0.717) is 0 Å². The fraction of sp³-hybridized carbons (Fsp3) is 0.333. The summed E-state index contributed by atoms with van der Waals surface area (Å²) in [4.78, 5) is 3.36. The molecule has 0 heterocycles. The van der Waals surface area contributed by atoms with Crippen molar-refractivity contribution in [3.8, 4) is 0 Å². The van der Waals surface area contributed by atoms with Crippen molar-refractivity contribution < 1.29 is 0 Å². The third kappa shape index (κ3) is 10.4. The van der Waals surface area contributed by atoms with Gasteiger partial charge in [-0.2, -0.15) is 0 Å². The van der Waals surface area contributed by atoms with E-state index < -0.39 is 0 Å². The third-order valence-electron chi connectivity index (χ3n) is 0.258. The maximum atomic E-state index is 4.82. The Morgan fingerprint density at radius 3 is 1.67 bits per heavy atom. The predicted molar refractivity (Wildman–Crippen MR) is 28.1 cm³/mol. The lowest BCUT2D eigenvalue weighted by Gasteiger charge is -1.77. The zero-order chi connectivity index (χ0) is 4.28. The van der Waals surface area contributed by atoms with Crippen LogP contribution in [-0.2, 0) is 0 Å². The van der Waals surface area contributed by atoms with Crippen LogP contribution < -0.4 is 11.5 Å². The molecule has 3 heteroatoms. The Labute approximate surface area is 38.1 Å². The topological polar surface area (TPSA) is 64.4 Å². The molecule has 0 bridgehead atoms. The number of rotatable bonds is 0. The van der Waals surface area contributed by atoms with E-state index in [-0.39, 0.29) is 13.4 Å². The first-order valence-electron chi connectivity index (χ1n) is 1.25. The molecular weight excluding hydrogens is 78.1 g/mol. The number of hydrogen-bond donors (Lipinski definition) is 2. The summed E-state index contributed by atoms with van der Waals surface area (Å²) < 4.78 is 0. The van der Waals surface area contributed by atoms with Gasteiger partial charge in [0.1, 0.15) is 0 Å². The van der Waals surface area contributed by atoms with Gasteiger partial charge < -0.3 is 18.9 Å². The highest BCUT2D eigenvalue weighted by Crippen LogP contribution is 1.40. The van der Waals surface area contributed by atoms with Gasteiger partial charge in [-0.25, -0.2) is 0 Å². The van der Waals surface area contributed by atoms with Gasteiger partial charge in [-0.05, 0) is 0 Å². The lowest BCUT2D eigenvalue weighted by atomic mass is 11.1. The number of hydrogen-bond acceptors (Lipinski definition) is 1. The largest absolute Gasteiger partial charge is 0.370 e. The maximum Gasteiger partial charge on any atom is 0.185 e. The molecule has 38 valence electrons. The third-order valence-corrected chi connectivity index (χ3v) is 0.258. The van der Waals surface area contributed by atoms with Crippen LogP contribution in [-0.4, -0.2) is 13.0 Å². The molecule has 3 nitrogen and oxygen atoms in total.